The van der Waals surface area contributed by atoms with E-state index in [0.29, 0.717) is 17.5 Å². The zero-order valence-corrected chi connectivity index (χ0v) is 12.4. The second-order valence-electron chi connectivity index (χ2n) is 6.33. The number of hydrogen-bond acceptors (Lipinski definition) is 4. The number of imide groups is 1. The Morgan fingerprint density at radius 1 is 1.27 bits per heavy atom. The van der Waals surface area contributed by atoms with Crippen molar-refractivity contribution in [2.75, 3.05) is 6.54 Å². The normalized spacial score (nSPS) is 26.4. The molecule has 0 aromatic heterocycles. The number of fused-ring (bicyclic) bond motifs is 1. The number of carbonyl (C=O) groups is 3. The SMILES string of the molecule is CC1(C)CC(C(=O)O)C(CN2C(=O)c3ccccc3C2=O)O1. The Bertz CT molecular complexity index is 631. The van der Waals surface area contributed by atoms with Crippen LogP contribution in [-0.4, -0.2) is 46.0 Å². The van der Waals surface area contributed by atoms with Gasteiger partial charge in [0.2, 0.25) is 0 Å². The number of carboxylic acids is 1. The molecule has 2 atom stereocenters. The van der Waals surface area contributed by atoms with Crippen molar-refractivity contribution in [2.45, 2.75) is 32.0 Å². The van der Waals surface area contributed by atoms with E-state index in [1.165, 1.54) is 0 Å². The molecule has 0 saturated carbocycles. The van der Waals surface area contributed by atoms with Crippen molar-refractivity contribution >= 4 is 17.8 Å². The summed E-state index contributed by atoms with van der Waals surface area (Å²) in [5.74, 6) is -2.47. The number of ether oxygens (including phenoxy) is 1. The maximum atomic E-state index is 12.3. The lowest BCUT2D eigenvalue weighted by atomic mass is 9.94. The summed E-state index contributed by atoms with van der Waals surface area (Å²) in [6, 6.07) is 6.60. The number of hydrogen-bond donors (Lipinski definition) is 1. The Kier molecular flexibility index (Phi) is 3.29. The van der Waals surface area contributed by atoms with Crippen molar-refractivity contribution in [2.24, 2.45) is 5.92 Å². The van der Waals surface area contributed by atoms with Gasteiger partial charge in [0, 0.05) is 0 Å². The van der Waals surface area contributed by atoms with Gasteiger partial charge < -0.3 is 9.84 Å². The first-order valence-corrected chi connectivity index (χ1v) is 7.16. The van der Waals surface area contributed by atoms with E-state index in [1.54, 1.807) is 24.3 Å². The average molecular weight is 303 g/mol. The molecule has 2 aliphatic rings. The second kappa shape index (κ2) is 4.91. The van der Waals surface area contributed by atoms with Crippen LogP contribution in [0.5, 0.6) is 0 Å². The van der Waals surface area contributed by atoms with Gasteiger partial charge in [0.1, 0.15) is 0 Å². The maximum Gasteiger partial charge on any atom is 0.309 e. The number of carboxylic acid groups (broad SMARTS) is 1. The van der Waals surface area contributed by atoms with Gasteiger partial charge in [-0.15, -0.1) is 0 Å². The Balaban J connectivity index is 1.84. The zero-order chi connectivity index (χ0) is 16.1. The lowest BCUT2D eigenvalue weighted by Crippen LogP contribution is -2.41. The van der Waals surface area contributed by atoms with Crippen LogP contribution in [0.4, 0.5) is 0 Å². The first-order valence-electron chi connectivity index (χ1n) is 7.16. The molecule has 6 nitrogen and oxygen atoms in total. The molecule has 2 amide bonds. The van der Waals surface area contributed by atoms with Crippen LogP contribution in [0.25, 0.3) is 0 Å². The molecule has 0 aliphatic carbocycles. The summed E-state index contributed by atoms with van der Waals surface area (Å²) in [5, 5.41) is 9.33. The van der Waals surface area contributed by atoms with Crippen LogP contribution < -0.4 is 0 Å². The standard InChI is InChI=1S/C16H17NO5/c1-16(2)7-11(15(20)21)12(22-16)8-17-13(18)9-5-3-4-6-10(9)14(17)19/h3-6,11-12H,7-8H2,1-2H3,(H,20,21). The first-order chi connectivity index (χ1) is 10.3. The van der Waals surface area contributed by atoms with Crippen LogP contribution in [0.2, 0.25) is 0 Å². The summed E-state index contributed by atoms with van der Waals surface area (Å²) in [7, 11) is 0. The van der Waals surface area contributed by atoms with E-state index in [2.05, 4.69) is 0 Å². The minimum Gasteiger partial charge on any atom is -0.481 e. The fourth-order valence-corrected chi connectivity index (χ4v) is 3.20. The van der Waals surface area contributed by atoms with E-state index in [9.17, 15) is 19.5 Å². The van der Waals surface area contributed by atoms with Crippen molar-refractivity contribution in [1.82, 2.24) is 4.90 Å². The number of aliphatic carboxylic acids is 1. The monoisotopic (exact) mass is 303 g/mol. The number of rotatable bonds is 3. The van der Waals surface area contributed by atoms with E-state index in [0.717, 1.165) is 4.90 Å². The highest BCUT2D eigenvalue weighted by molar-refractivity contribution is 6.21. The zero-order valence-electron chi connectivity index (χ0n) is 12.4. The Morgan fingerprint density at radius 3 is 2.32 bits per heavy atom. The number of carbonyl (C=O) groups excluding carboxylic acids is 2. The van der Waals surface area contributed by atoms with Crippen LogP contribution >= 0.6 is 0 Å². The van der Waals surface area contributed by atoms with E-state index < -0.39 is 35.4 Å². The molecule has 6 heteroatoms. The molecule has 2 unspecified atom stereocenters. The number of benzene rings is 1. The minimum absolute atomic E-state index is 0.0350. The van der Waals surface area contributed by atoms with Crippen molar-refractivity contribution in [1.29, 1.82) is 0 Å². The van der Waals surface area contributed by atoms with Gasteiger partial charge in [-0.3, -0.25) is 19.3 Å². The van der Waals surface area contributed by atoms with Gasteiger partial charge in [-0.25, -0.2) is 0 Å². The lowest BCUT2D eigenvalue weighted by molar-refractivity contribution is -0.143. The van der Waals surface area contributed by atoms with Gasteiger partial charge >= 0.3 is 5.97 Å². The average Bonchev–Trinajstić information content (AvgIpc) is 2.89. The molecular weight excluding hydrogens is 286 g/mol. The Morgan fingerprint density at radius 2 is 1.82 bits per heavy atom. The molecule has 2 aliphatic heterocycles. The van der Waals surface area contributed by atoms with Crippen molar-refractivity contribution < 1.29 is 24.2 Å². The van der Waals surface area contributed by atoms with Gasteiger partial charge in [-0.05, 0) is 32.4 Å². The van der Waals surface area contributed by atoms with Crippen molar-refractivity contribution in [3.63, 3.8) is 0 Å². The van der Waals surface area contributed by atoms with Crippen molar-refractivity contribution in [3.8, 4) is 0 Å². The highest BCUT2D eigenvalue weighted by atomic mass is 16.5. The molecule has 0 bridgehead atoms. The third-order valence-corrected chi connectivity index (χ3v) is 4.19. The molecule has 116 valence electrons. The molecule has 2 heterocycles. The highest BCUT2D eigenvalue weighted by Crippen LogP contribution is 2.36. The molecule has 1 saturated heterocycles. The minimum atomic E-state index is -0.966. The van der Waals surface area contributed by atoms with Crippen molar-refractivity contribution in [3.05, 3.63) is 35.4 Å². The highest BCUT2D eigenvalue weighted by Gasteiger charge is 2.47. The van der Waals surface area contributed by atoms with E-state index in [1.807, 2.05) is 13.8 Å². The predicted molar refractivity (Wildman–Crippen MR) is 76.5 cm³/mol. The number of amides is 2. The van der Waals surface area contributed by atoms with E-state index >= 15 is 0 Å². The smallest absolute Gasteiger partial charge is 0.309 e. The summed E-state index contributed by atoms with van der Waals surface area (Å²) in [5.41, 5.74) is 0.139. The molecule has 0 spiro atoms. The molecule has 1 N–H and O–H groups in total. The van der Waals surface area contributed by atoms with Crippen LogP contribution in [0.15, 0.2) is 24.3 Å². The van der Waals surface area contributed by atoms with Gasteiger partial charge in [-0.2, -0.15) is 0 Å². The summed E-state index contributed by atoms with van der Waals surface area (Å²) < 4.78 is 5.75. The molecule has 3 rings (SSSR count). The molecule has 1 aromatic carbocycles. The molecular formula is C16H17NO5. The van der Waals surface area contributed by atoms with Gasteiger partial charge in [0.05, 0.1) is 35.3 Å². The molecule has 22 heavy (non-hydrogen) atoms. The molecule has 1 fully saturated rings. The first kappa shape index (κ1) is 14.7. The fourth-order valence-electron chi connectivity index (χ4n) is 3.20. The van der Waals surface area contributed by atoms with Crippen LogP contribution in [0.1, 0.15) is 41.0 Å². The van der Waals surface area contributed by atoms with Crippen LogP contribution in [0.3, 0.4) is 0 Å². The molecule has 1 aromatic rings. The van der Waals surface area contributed by atoms with Crippen LogP contribution in [-0.2, 0) is 9.53 Å². The van der Waals surface area contributed by atoms with E-state index in [4.69, 9.17) is 4.74 Å². The Hall–Kier alpha value is -2.21. The maximum absolute atomic E-state index is 12.3. The second-order valence-corrected chi connectivity index (χ2v) is 6.33. The predicted octanol–water partition coefficient (Wildman–Crippen LogP) is 1.55. The van der Waals surface area contributed by atoms with Crippen LogP contribution in [0, 0.1) is 5.92 Å². The van der Waals surface area contributed by atoms with Gasteiger partial charge in [-0.1, -0.05) is 12.1 Å². The summed E-state index contributed by atoms with van der Waals surface area (Å²) in [6.45, 7) is 3.59. The number of nitrogens with zero attached hydrogens (tertiary/aromatic N) is 1. The fraction of sp³-hybridized carbons (Fsp3) is 0.438. The largest absolute Gasteiger partial charge is 0.481 e. The summed E-state index contributed by atoms with van der Waals surface area (Å²) >= 11 is 0. The van der Waals surface area contributed by atoms with E-state index in [-0.39, 0.29) is 6.54 Å². The Labute approximate surface area is 127 Å². The molecule has 0 radical (unpaired) electrons. The third-order valence-electron chi connectivity index (χ3n) is 4.19. The topological polar surface area (TPSA) is 83.9 Å². The summed E-state index contributed by atoms with van der Waals surface area (Å²) in [6.07, 6.45) is -0.328. The summed E-state index contributed by atoms with van der Waals surface area (Å²) in [4.78, 5) is 37.1. The van der Waals surface area contributed by atoms with Gasteiger partial charge in [0.15, 0.2) is 0 Å². The lowest BCUT2D eigenvalue weighted by Gasteiger charge is -2.23. The van der Waals surface area contributed by atoms with Gasteiger partial charge in [0.25, 0.3) is 11.8 Å². The third kappa shape index (κ3) is 2.29. The quantitative estimate of drug-likeness (QED) is 0.857.